The van der Waals surface area contributed by atoms with Gasteiger partial charge in [0.2, 0.25) is 0 Å². The molecule has 0 unspecified atom stereocenters. The minimum Gasteiger partial charge on any atom is -0.344 e. The number of likely N-dealkylation sites (tertiary alicyclic amines) is 1. The van der Waals surface area contributed by atoms with E-state index in [0.29, 0.717) is 19.6 Å². The summed E-state index contributed by atoms with van der Waals surface area (Å²) < 4.78 is 0. The highest BCUT2D eigenvalue weighted by atomic mass is 16.2. The molecule has 1 fully saturated rings. The van der Waals surface area contributed by atoms with Gasteiger partial charge in [0.05, 0.1) is 6.20 Å². The van der Waals surface area contributed by atoms with E-state index in [1.807, 2.05) is 6.92 Å². The van der Waals surface area contributed by atoms with Crippen LogP contribution in [-0.2, 0) is 29.0 Å². The summed E-state index contributed by atoms with van der Waals surface area (Å²) >= 11 is 0. The third-order valence-corrected chi connectivity index (χ3v) is 5.54. The SMILES string of the molecule is Cc1[nH]ncc1CNC(=O)C(=O)N1CCC2(Cc3ccccc3C2)C1. The summed E-state index contributed by atoms with van der Waals surface area (Å²) in [6.45, 7) is 3.53. The molecule has 0 bridgehead atoms. The molecule has 2 aromatic rings. The van der Waals surface area contributed by atoms with Crippen LogP contribution in [0.1, 0.15) is 28.8 Å². The van der Waals surface area contributed by atoms with Gasteiger partial charge >= 0.3 is 11.8 Å². The van der Waals surface area contributed by atoms with E-state index in [9.17, 15) is 9.59 Å². The predicted octanol–water partition coefficient (Wildman–Crippen LogP) is 1.35. The van der Waals surface area contributed by atoms with Crippen molar-refractivity contribution in [2.45, 2.75) is 32.7 Å². The second-order valence-corrected chi connectivity index (χ2v) is 7.30. The first-order valence-electron chi connectivity index (χ1n) is 8.69. The van der Waals surface area contributed by atoms with Crippen molar-refractivity contribution in [3.8, 4) is 0 Å². The van der Waals surface area contributed by atoms with Crippen LogP contribution in [0.5, 0.6) is 0 Å². The maximum absolute atomic E-state index is 12.5. The number of fused-ring (bicyclic) bond motifs is 1. The van der Waals surface area contributed by atoms with Crippen LogP contribution in [0.2, 0.25) is 0 Å². The minimum atomic E-state index is -0.534. The van der Waals surface area contributed by atoms with E-state index in [1.54, 1.807) is 11.1 Å². The second-order valence-electron chi connectivity index (χ2n) is 7.30. The maximum atomic E-state index is 12.5. The van der Waals surface area contributed by atoms with Gasteiger partial charge in [-0.05, 0) is 42.7 Å². The van der Waals surface area contributed by atoms with Gasteiger partial charge in [-0.2, -0.15) is 5.10 Å². The van der Waals surface area contributed by atoms with Crippen LogP contribution in [0.3, 0.4) is 0 Å². The number of carbonyl (C=O) groups excluding carboxylic acids is 2. The second kappa shape index (κ2) is 6.02. The number of H-pyrrole nitrogens is 1. The Hall–Kier alpha value is -2.63. The number of aromatic nitrogens is 2. The van der Waals surface area contributed by atoms with Gasteiger partial charge < -0.3 is 10.2 Å². The molecule has 2 aliphatic rings. The largest absolute Gasteiger partial charge is 0.344 e. The molecule has 1 spiro atoms. The van der Waals surface area contributed by atoms with Crippen LogP contribution < -0.4 is 5.32 Å². The normalized spacial score (nSPS) is 17.7. The molecule has 2 amide bonds. The maximum Gasteiger partial charge on any atom is 0.311 e. The van der Waals surface area contributed by atoms with Crippen molar-refractivity contribution < 1.29 is 9.59 Å². The first-order chi connectivity index (χ1) is 12.1. The quantitative estimate of drug-likeness (QED) is 0.812. The van der Waals surface area contributed by atoms with E-state index in [2.05, 4.69) is 39.8 Å². The Balaban J connectivity index is 1.36. The molecule has 0 saturated carbocycles. The third kappa shape index (κ3) is 2.92. The molecule has 0 atom stereocenters. The molecule has 1 aromatic heterocycles. The van der Waals surface area contributed by atoms with Gasteiger partial charge in [0.1, 0.15) is 0 Å². The minimum absolute atomic E-state index is 0.112. The van der Waals surface area contributed by atoms with E-state index < -0.39 is 11.8 Å². The van der Waals surface area contributed by atoms with Crippen molar-refractivity contribution in [3.63, 3.8) is 0 Å². The molecule has 6 nitrogen and oxygen atoms in total. The van der Waals surface area contributed by atoms with Crippen LogP contribution in [0.4, 0.5) is 0 Å². The van der Waals surface area contributed by atoms with Crippen molar-refractivity contribution >= 4 is 11.8 Å². The number of amides is 2. The fraction of sp³-hybridized carbons (Fsp3) is 0.421. The van der Waals surface area contributed by atoms with Crippen LogP contribution in [-0.4, -0.2) is 40.0 Å². The zero-order chi connectivity index (χ0) is 17.4. The number of benzene rings is 1. The van der Waals surface area contributed by atoms with Gasteiger partial charge in [-0.1, -0.05) is 24.3 Å². The molecule has 1 aliphatic carbocycles. The first-order valence-corrected chi connectivity index (χ1v) is 8.69. The smallest absolute Gasteiger partial charge is 0.311 e. The summed E-state index contributed by atoms with van der Waals surface area (Å²) in [5, 5.41) is 9.45. The zero-order valence-electron chi connectivity index (χ0n) is 14.3. The Morgan fingerprint density at radius 2 is 2.00 bits per heavy atom. The highest BCUT2D eigenvalue weighted by Crippen LogP contribution is 2.43. The van der Waals surface area contributed by atoms with Crippen molar-refractivity contribution in [2.75, 3.05) is 13.1 Å². The monoisotopic (exact) mass is 338 g/mol. The van der Waals surface area contributed by atoms with Crippen molar-refractivity contribution in [1.82, 2.24) is 20.4 Å². The van der Waals surface area contributed by atoms with Crippen molar-refractivity contribution in [3.05, 3.63) is 52.8 Å². The number of nitrogens with zero attached hydrogens (tertiary/aromatic N) is 2. The molecular formula is C19H22N4O2. The Morgan fingerprint density at radius 3 is 2.64 bits per heavy atom. The summed E-state index contributed by atoms with van der Waals surface area (Å²) in [6.07, 6.45) is 4.63. The van der Waals surface area contributed by atoms with E-state index in [-0.39, 0.29) is 5.41 Å². The Bertz CT molecular complexity index is 801. The van der Waals surface area contributed by atoms with E-state index in [0.717, 1.165) is 30.5 Å². The Morgan fingerprint density at radius 1 is 1.28 bits per heavy atom. The third-order valence-electron chi connectivity index (χ3n) is 5.54. The molecule has 25 heavy (non-hydrogen) atoms. The molecule has 1 aromatic carbocycles. The van der Waals surface area contributed by atoms with E-state index in [4.69, 9.17) is 0 Å². The average molecular weight is 338 g/mol. The lowest BCUT2D eigenvalue weighted by atomic mass is 9.84. The van der Waals surface area contributed by atoms with Gasteiger partial charge in [-0.15, -0.1) is 0 Å². The van der Waals surface area contributed by atoms with E-state index in [1.165, 1.54) is 11.1 Å². The molecule has 2 heterocycles. The molecule has 4 rings (SSSR count). The number of carbonyl (C=O) groups is 2. The van der Waals surface area contributed by atoms with Crippen LogP contribution >= 0.6 is 0 Å². The van der Waals surface area contributed by atoms with Gasteiger partial charge in [0.25, 0.3) is 0 Å². The highest BCUT2D eigenvalue weighted by Gasteiger charge is 2.44. The lowest BCUT2D eigenvalue weighted by Gasteiger charge is -2.23. The first kappa shape index (κ1) is 15.9. The average Bonchev–Trinajstić information content (AvgIpc) is 3.30. The van der Waals surface area contributed by atoms with Gasteiger partial charge in [-0.3, -0.25) is 14.7 Å². The van der Waals surface area contributed by atoms with Crippen molar-refractivity contribution in [1.29, 1.82) is 0 Å². The molecule has 1 aliphatic heterocycles. The van der Waals surface area contributed by atoms with Gasteiger partial charge in [0.15, 0.2) is 0 Å². The number of hydrogen-bond donors (Lipinski definition) is 2. The number of rotatable bonds is 2. The summed E-state index contributed by atoms with van der Waals surface area (Å²) in [4.78, 5) is 26.4. The molecule has 130 valence electrons. The molecule has 2 N–H and O–H groups in total. The molecular weight excluding hydrogens is 316 g/mol. The fourth-order valence-corrected chi connectivity index (χ4v) is 4.12. The van der Waals surface area contributed by atoms with Gasteiger partial charge in [-0.25, -0.2) is 0 Å². The number of aromatic amines is 1. The molecule has 1 saturated heterocycles. The Kier molecular flexibility index (Phi) is 3.82. The molecule has 0 radical (unpaired) electrons. The number of hydrogen-bond acceptors (Lipinski definition) is 3. The van der Waals surface area contributed by atoms with Crippen molar-refractivity contribution in [2.24, 2.45) is 5.41 Å². The van der Waals surface area contributed by atoms with Crippen LogP contribution in [0, 0.1) is 12.3 Å². The summed E-state index contributed by atoms with van der Waals surface area (Å²) in [6, 6.07) is 8.49. The predicted molar refractivity (Wildman–Crippen MR) is 92.7 cm³/mol. The molecule has 6 heteroatoms. The lowest BCUT2D eigenvalue weighted by Crippen LogP contribution is -2.42. The fourth-order valence-electron chi connectivity index (χ4n) is 4.12. The number of nitrogens with one attached hydrogen (secondary N) is 2. The lowest BCUT2D eigenvalue weighted by molar-refractivity contribution is -0.145. The number of aryl methyl sites for hydroxylation is 1. The standard InChI is InChI=1S/C19H22N4O2/c1-13-16(11-21-22-13)10-20-17(24)18(25)23-7-6-19(12-23)8-14-4-2-3-5-15(14)9-19/h2-5,11H,6-10,12H2,1H3,(H,20,24)(H,21,22). The van der Waals surface area contributed by atoms with Gasteiger partial charge in [0, 0.05) is 30.9 Å². The summed E-state index contributed by atoms with van der Waals surface area (Å²) in [5.74, 6) is -0.956. The van der Waals surface area contributed by atoms with Crippen LogP contribution in [0.25, 0.3) is 0 Å². The van der Waals surface area contributed by atoms with E-state index >= 15 is 0 Å². The van der Waals surface area contributed by atoms with Crippen LogP contribution in [0.15, 0.2) is 30.5 Å². The summed E-state index contributed by atoms with van der Waals surface area (Å²) in [7, 11) is 0. The topological polar surface area (TPSA) is 78.1 Å². The highest BCUT2D eigenvalue weighted by molar-refractivity contribution is 6.35. The summed E-state index contributed by atoms with van der Waals surface area (Å²) in [5.41, 5.74) is 4.68. The zero-order valence-corrected chi connectivity index (χ0v) is 14.3. The Labute approximate surface area is 146 Å².